The quantitative estimate of drug-likeness (QED) is 0.606. The lowest BCUT2D eigenvalue weighted by molar-refractivity contribution is -0.402. The van der Waals surface area contributed by atoms with Gasteiger partial charge in [0, 0.05) is 0 Å². The molecule has 0 bridgehead atoms. The molecule has 0 amide bonds. The van der Waals surface area contributed by atoms with E-state index in [0.29, 0.717) is 0 Å². The Kier molecular flexibility index (Phi) is 3.77. The minimum absolute atomic E-state index is 0.0853. The van der Waals surface area contributed by atoms with E-state index in [1.54, 1.807) is 4.90 Å². The van der Waals surface area contributed by atoms with E-state index in [4.69, 9.17) is 18.3 Å². The van der Waals surface area contributed by atoms with Crippen molar-refractivity contribution in [2.24, 2.45) is 0 Å². The van der Waals surface area contributed by atoms with Crippen LogP contribution in [0.25, 0.3) is 0 Å². The predicted octanol–water partition coefficient (Wildman–Crippen LogP) is 1.48. The molecule has 2 atom stereocenters. The first-order chi connectivity index (χ1) is 12.4. The highest BCUT2D eigenvalue weighted by Crippen LogP contribution is 2.49. The van der Waals surface area contributed by atoms with E-state index in [9.17, 15) is 25.3 Å². The van der Waals surface area contributed by atoms with Gasteiger partial charge in [0.25, 0.3) is 0 Å². The van der Waals surface area contributed by atoms with Gasteiger partial charge in [-0.3, -0.25) is 20.2 Å². The lowest BCUT2D eigenvalue weighted by atomic mass is 10.0. The number of nitrogens with zero attached hydrogens (tertiary/aromatic N) is 3. The number of aliphatic hydroxyl groups excluding tert-OH is 1. The molecule has 12 heteroatoms. The van der Waals surface area contributed by atoms with E-state index in [1.165, 1.54) is 24.3 Å². The van der Waals surface area contributed by atoms with E-state index in [0.717, 1.165) is 0 Å². The smallest absolute Gasteiger partial charge is 0.401 e. The molecular formula is C14H13N3O9. The van der Waals surface area contributed by atoms with Crippen molar-refractivity contribution in [3.05, 3.63) is 56.0 Å². The Labute approximate surface area is 144 Å². The second kappa shape index (κ2) is 5.88. The summed E-state index contributed by atoms with van der Waals surface area (Å²) >= 11 is 0. The summed E-state index contributed by atoms with van der Waals surface area (Å²) in [6, 6.07) is 5.19. The lowest BCUT2D eigenvalue weighted by Gasteiger charge is -2.30. The number of hydrogen-bond donors (Lipinski definition) is 1. The van der Waals surface area contributed by atoms with Crippen molar-refractivity contribution in [3.8, 4) is 0 Å². The van der Waals surface area contributed by atoms with Gasteiger partial charge in [-0.05, 0) is 12.1 Å². The summed E-state index contributed by atoms with van der Waals surface area (Å²) in [5, 5.41) is 31.5. The van der Waals surface area contributed by atoms with Crippen molar-refractivity contribution in [3.63, 3.8) is 0 Å². The monoisotopic (exact) mass is 367 g/mol. The van der Waals surface area contributed by atoms with Gasteiger partial charge < -0.3 is 23.4 Å². The summed E-state index contributed by atoms with van der Waals surface area (Å²) in [7, 11) is 0. The molecule has 0 aliphatic carbocycles. The first kappa shape index (κ1) is 16.7. The minimum atomic E-state index is -0.918. The van der Waals surface area contributed by atoms with E-state index < -0.39 is 39.6 Å². The number of ether oxygens (including phenoxy) is 2. The third kappa shape index (κ3) is 2.39. The average molecular weight is 367 g/mol. The Bertz CT molecular complexity index is 795. The number of rotatable bonds is 5. The van der Waals surface area contributed by atoms with E-state index in [2.05, 4.69) is 0 Å². The van der Waals surface area contributed by atoms with Crippen LogP contribution < -0.4 is 0 Å². The zero-order valence-electron chi connectivity index (χ0n) is 13.1. The molecule has 0 aromatic carbocycles. The molecule has 26 heavy (non-hydrogen) atoms. The maximum atomic E-state index is 10.8. The second-order valence-electron chi connectivity index (χ2n) is 5.98. The Morgan fingerprint density at radius 1 is 1.00 bits per heavy atom. The van der Waals surface area contributed by atoms with Gasteiger partial charge in [-0.15, -0.1) is 0 Å². The molecule has 2 aromatic rings. The van der Waals surface area contributed by atoms with Crippen LogP contribution in [-0.2, 0) is 9.47 Å². The van der Waals surface area contributed by atoms with Crippen LogP contribution in [0.5, 0.6) is 0 Å². The zero-order chi connectivity index (χ0) is 18.5. The molecule has 2 saturated heterocycles. The number of nitro groups is 2. The molecule has 4 heterocycles. The zero-order valence-corrected chi connectivity index (χ0v) is 13.1. The first-order valence-electron chi connectivity index (χ1n) is 7.56. The third-order valence-corrected chi connectivity index (χ3v) is 4.44. The minimum Gasteiger partial charge on any atom is -0.401 e. The second-order valence-corrected chi connectivity index (χ2v) is 5.98. The third-order valence-electron chi connectivity index (χ3n) is 4.44. The number of hydrogen-bond acceptors (Lipinski definition) is 10. The molecule has 4 rings (SSSR count). The van der Waals surface area contributed by atoms with Crippen LogP contribution in [0.15, 0.2) is 33.1 Å². The summed E-state index contributed by atoms with van der Waals surface area (Å²) in [4.78, 5) is 21.9. The van der Waals surface area contributed by atoms with Crippen LogP contribution >= 0.6 is 0 Å². The van der Waals surface area contributed by atoms with Crippen LogP contribution in [0.2, 0.25) is 0 Å². The standard InChI is InChI=1S/C14H13N3O9/c18-5-14-6-23-12(8-1-3-10(25-8)16(19)20)15(14)13(24-7-14)9-2-4-11(26-9)17(21)22/h1-4,12-13,18H,5-7H2/t12-,13-/m1/s1. The Morgan fingerprint density at radius 3 is 1.81 bits per heavy atom. The topological polar surface area (TPSA) is 154 Å². The Balaban J connectivity index is 1.70. The van der Waals surface area contributed by atoms with Crippen LogP contribution in [-0.4, -0.2) is 45.2 Å². The van der Waals surface area contributed by atoms with Crippen molar-refractivity contribution < 1.29 is 33.3 Å². The van der Waals surface area contributed by atoms with Crippen molar-refractivity contribution >= 4 is 11.8 Å². The van der Waals surface area contributed by atoms with E-state index in [-0.39, 0.29) is 31.3 Å². The van der Waals surface area contributed by atoms with E-state index >= 15 is 0 Å². The number of aliphatic hydroxyl groups is 1. The van der Waals surface area contributed by atoms with Gasteiger partial charge in [-0.1, -0.05) is 0 Å². The van der Waals surface area contributed by atoms with Crippen molar-refractivity contribution in [2.45, 2.75) is 18.0 Å². The molecule has 0 unspecified atom stereocenters. The SMILES string of the molecule is O=[N+]([O-])c1ccc([C@H]2OCC3(CO)CO[C@H](c4ccc([N+](=O)[O-])o4)N23)o1. The summed E-state index contributed by atoms with van der Waals surface area (Å²) in [6.07, 6.45) is -1.76. The maximum Gasteiger partial charge on any atom is 0.433 e. The Morgan fingerprint density at radius 2 is 1.46 bits per heavy atom. The molecule has 2 aromatic heterocycles. The highest BCUT2D eigenvalue weighted by atomic mass is 16.7. The normalized spacial score (nSPS) is 24.7. The van der Waals surface area contributed by atoms with Gasteiger partial charge in [-0.2, -0.15) is 0 Å². The highest BCUT2D eigenvalue weighted by Gasteiger charge is 2.58. The van der Waals surface area contributed by atoms with Crippen molar-refractivity contribution in [1.29, 1.82) is 0 Å². The molecule has 2 aliphatic heterocycles. The van der Waals surface area contributed by atoms with Crippen molar-refractivity contribution in [1.82, 2.24) is 4.90 Å². The molecular weight excluding hydrogens is 354 g/mol. The van der Waals surface area contributed by atoms with Crippen LogP contribution in [0.3, 0.4) is 0 Å². The number of furan rings is 2. The first-order valence-corrected chi connectivity index (χ1v) is 7.56. The van der Waals surface area contributed by atoms with Gasteiger partial charge in [0.15, 0.2) is 24.0 Å². The van der Waals surface area contributed by atoms with Crippen LogP contribution in [0.4, 0.5) is 11.8 Å². The predicted molar refractivity (Wildman–Crippen MR) is 79.8 cm³/mol. The van der Waals surface area contributed by atoms with Gasteiger partial charge >= 0.3 is 11.8 Å². The molecule has 2 aliphatic rings. The highest BCUT2D eigenvalue weighted by molar-refractivity contribution is 5.24. The summed E-state index contributed by atoms with van der Waals surface area (Å²) in [5.74, 6) is -0.585. The largest absolute Gasteiger partial charge is 0.433 e. The van der Waals surface area contributed by atoms with E-state index in [1.807, 2.05) is 0 Å². The van der Waals surface area contributed by atoms with Gasteiger partial charge in [0.1, 0.15) is 9.85 Å². The van der Waals surface area contributed by atoms with Crippen molar-refractivity contribution in [2.75, 3.05) is 19.8 Å². The summed E-state index contributed by atoms with van der Waals surface area (Å²) in [5.41, 5.74) is -0.918. The fourth-order valence-corrected chi connectivity index (χ4v) is 3.20. The van der Waals surface area contributed by atoms with Gasteiger partial charge in [-0.25, -0.2) is 4.90 Å². The Hall–Kier alpha value is -2.80. The number of fused-ring (bicyclic) bond motifs is 1. The summed E-state index contributed by atoms with van der Waals surface area (Å²) in [6.45, 7) is -0.143. The lowest BCUT2D eigenvalue weighted by Crippen LogP contribution is -2.47. The fraction of sp³-hybridized carbons (Fsp3) is 0.429. The molecule has 12 nitrogen and oxygen atoms in total. The molecule has 0 saturated carbocycles. The summed E-state index contributed by atoms with van der Waals surface area (Å²) < 4.78 is 21.8. The van der Waals surface area contributed by atoms with Crippen LogP contribution in [0.1, 0.15) is 24.0 Å². The molecule has 138 valence electrons. The van der Waals surface area contributed by atoms with Gasteiger partial charge in [0.2, 0.25) is 0 Å². The fourth-order valence-electron chi connectivity index (χ4n) is 3.20. The molecule has 2 fully saturated rings. The molecule has 0 spiro atoms. The van der Waals surface area contributed by atoms with Gasteiger partial charge in [0.05, 0.1) is 37.5 Å². The van der Waals surface area contributed by atoms with Crippen LogP contribution in [0, 0.1) is 20.2 Å². The molecule has 1 N–H and O–H groups in total. The molecule has 0 radical (unpaired) electrons. The maximum absolute atomic E-state index is 10.8. The average Bonchev–Trinajstić information content (AvgIpc) is 3.36.